The Hall–Kier alpha value is -2.22. The van der Waals surface area contributed by atoms with Gasteiger partial charge in [0.25, 0.3) is 0 Å². The van der Waals surface area contributed by atoms with Gasteiger partial charge in [-0.3, -0.25) is 9.59 Å². The molecule has 2 unspecified atom stereocenters. The fraction of sp³-hybridized carbons (Fsp3) is 0.609. The smallest absolute Gasteiger partial charge is 0.408 e. The molecule has 0 aromatic heterocycles. The van der Waals surface area contributed by atoms with E-state index in [0.717, 1.165) is 5.56 Å². The molecule has 174 valence electrons. The van der Waals surface area contributed by atoms with Crippen LogP contribution in [-0.4, -0.2) is 52.8 Å². The summed E-state index contributed by atoms with van der Waals surface area (Å²) in [7, 11) is 0. The molecule has 7 nitrogen and oxygen atoms in total. The number of carbonyl (C=O) groups excluding carboxylic acids is 3. The second kappa shape index (κ2) is 12.0. The van der Waals surface area contributed by atoms with E-state index >= 15 is 0 Å². The Bertz CT molecular complexity index is 744. The van der Waals surface area contributed by atoms with Gasteiger partial charge in [0.05, 0.1) is 0 Å². The van der Waals surface area contributed by atoms with Crippen LogP contribution in [0.3, 0.4) is 0 Å². The largest absolute Gasteiger partial charge is 0.444 e. The third kappa shape index (κ3) is 8.81. The van der Waals surface area contributed by atoms with Crippen molar-refractivity contribution in [3.63, 3.8) is 0 Å². The van der Waals surface area contributed by atoms with Crippen molar-refractivity contribution in [2.24, 2.45) is 0 Å². The number of rotatable bonds is 9. The number of nitrogens with zero attached hydrogens (tertiary/aromatic N) is 1. The van der Waals surface area contributed by atoms with Crippen molar-refractivity contribution >= 4 is 30.5 Å². The number of nitrogens with one attached hydrogen (secondary N) is 2. The lowest BCUT2D eigenvalue weighted by Crippen LogP contribution is -2.54. The van der Waals surface area contributed by atoms with Crippen LogP contribution >= 0.6 is 12.6 Å². The lowest BCUT2D eigenvalue weighted by molar-refractivity contribution is -0.142. The van der Waals surface area contributed by atoms with Crippen molar-refractivity contribution in [2.75, 3.05) is 12.3 Å². The van der Waals surface area contributed by atoms with E-state index in [2.05, 4.69) is 23.3 Å². The first kappa shape index (κ1) is 26.8. The second-order valence-electron chi connectivity index (χ2n) is 8.89. The summed E-state index contributed by atoms with van der Waals surface area (Å²) in [6.45, 7) is 13.2. The molecule has 0 spiro atoms. The van der Waals surface area contributed by atoms with Crippen LogP contribution in [0.25, 0.3) is 0 Å². The molecule has 1 aromatic carbocycles. The van der Waals surface area contributed by atoms with Gasteiger partial charge in [0.1, 0.15) is 17.7 Å². The first-order chi connectivity index (χ1) is 14.4. The number of alkyl carbamates (subject to hydrolysis) is 1. The predicted octanol–water partition coefficient (Wildman–Crippen LogP) is 3.62. The first-order valence-electron chi connectivity index (χ1n) is 10.7. The minimum absolute atomic E-state index is 0.0741. The summed E-state index contributed by atoms with van der Waals surface area (Å²) in [6, 6.07) is 5.70. The minimum atomic E-state index is -0.926. The van der Waals surface area contributed by atoms with Crippen molar-refractivity contribution < 1.29 is 19.1 Å². The van der Waals surface area contributed by atoms with E-state index in [4.69, 9.17) is 4.74 Å². The monoisotopic (exact) mass is 451 g/mol. The van der Waals surface area contributed by atoms with Gasteiger partial charge in [0.15, 0.2) is 0 Å². The molecule has 0 aliphatic carbocycles. The van der Waals surface area contributed by atoms with E-state index in [1.807, 2.05) is 52.0 Å². The second-order valence-corrected chi connectivity index (χ2v) is 9.25. The number of hydrogen-bond acceptors (Lipinski definition) is 5. The molecule has 2 N–H and O–H groups in total. The molecule has 3 amide bonds. The van der Waals surface area contributed by atoms with Gasteiger partial charge < -0.3 is 20.3 Å². The molecule has 2 atom stereocenters. The van der Waals surface area contributed by atoms with Gasteiger partial charge >= 0.3 is 6.09 Å². The summed E-state index contributed by atoms with van der Waals surface area (Å²) in [5.74, 6) is -0.576. The Morgan fingerprint density at radius 2 is 1.68 bits per heavy atom. The third-order valence-corrected chi connectivity index (χ3v) is 4.67. The molecule has 0 heterocycles. The fourth-order valence-electron chi connectivity index (χ4n) is 3.03. The number of amides is 3. The highest BCUT2D eigenvalue weighted by Crippen LogP contribution is 2.24. The van der Waals surface area contributed by atoms with E-state index in [1.54, 1.807) is 20.8 Å². The van der Waals surface area contributed by atoms with Crippen LogP contribution in [0.2, 0.25) is 0 Å². The maximum Gasteiger partial charge on any atom is 0.408 e. The fourth-order valence-corrected chi connectivity index (χ4v) is 3.28. The first-order valence-corrected chi connectivity index (χ1v) is 11.3. The van der Waals surface area contributed by atoms with Crippen LogP contribution in [-0.2, 0) is 14.3 Å². The molecule has 0 saturated carbocycles. The Labute approximate surface area is 191 Å². The van der Waals surface area contributed by atoms with E-state index in [-0.39, 0.29) is 23.6 Å². The molecule has 0 radical (unpaired) electrons. The van der Waals surface area contributed by atoms with Crippen molar-refractivity contribution in [3.8, 4) is 0 Å². The Morgan fingerprint density at radius 3 is 2.13 bits per heavy atom. The zero-order valence-electron chi connectivity index (χ0n) is 19.7. The van der Waals surface area contributed by atoms with E-state index in [1.165, 1.54) is 4.90 Å². The number of aryl methyl sites for hydroxylation is 1. The van der Waals surface area contributed by atoms with Crippen LogP contribution in [0.5, 0.6) is 0 Å². The highest BCUT2D eigenvalue weighted by Gasteiger charge is 2.35. The number of thiol groups is 1. The van der Waals surface area contributed by atoms with E-state index in [0.29, 0.717) is 18.5 Å². The average Bonchev–Trinajstić information content (AvgIpc) is 2.64. The topological polar surface area (TPSA) is 87.7 Å². The summed E-state index contributed by atoms with van der Waals surface area (Å²) in [5.41, 5.74) is 1.07. The van der Waals surface area contributed by atoms with E-state index in [9.17, 15) is 14.4 Å². The quantitative estimate of drug-likeness (QED) is 0.501. The number of carbonyl (C=O) groups is 3. The van der Waals surface area contributed by atoms with Crippen molar-refractivity contribution in [1.82, 2.24) is 15.5 Å². The highest BCUT2D eigenvalue weighted by molar-refractivity contribution is 7.80. The minimum Gasteiger partial charge on any atom is -0.444 e. The molecule has 1 rings (SSSR count). The number of hydrogen-bond donors (Lipinski definition) is 3. The van der Waals surface area contributed by atoms with Gasteiger partial charge in [-0.25, -0.2) is 4.79 Å². The van der Waals surface area contributed by atoms with Crippen LogP contribution in [0.15, 0.2) is 24.3 Å². The van der Waals surface area contributed by atoms with Crippen LogP contribution in [0.1, 0.15) is 65.1 Å². The molecule has 0 aliphatic heterocycles. The van der Waals surface area contributed by atoms with Gasteiger partial charge in [0, 0.05) is 18.3 Å². The van der Waals surface area contributed by atoms with Crippen molar-refractivity contribution in [1.29, 1.82) is 0 Å². The summed E-state index contributed by atoms with van der Waals surface area (Å²) in [5, 5.41) is 5.51. The lowest BCUT2D eigenvalue weighted by atomic mass is 10.0. The van der Waals surface area contributed by atoms with Crippen LogP contribution in [0.4, 0.5) is 4.79 Å². The number of benzene rings is 1. The zero-order valence-corrected chi connectivity index (χ0v) is 20.6. The predicted molar refractivity (Wildman–Crippen MR) is 126 cm³/mol. The summed E-state index contributed by atoms with van der Waals surface area (Å²) in [6.07, 6.45) is -0.0516. The Balaban J connectivity index is 3.27. The highest BCUT2D eigenvalue weighted by atomic mass is 32.1. The zero-order chi connectivity index (χ0) is 23.8. The van der Waals surface area contributed by atoms with Crippen LogP contribution < -0.4 is 10.6 Å². The number of ether oxygens (including phenoxy) is 1. The average molecular weight is 452 g/mol. The normalized spacial score (nSPS) is 13.3. The maximum absolute atomic E-state index is 13.5. The molecule has 0 fully saturated rings. The van der Waals surface area contributed by atoms with Gasteiger partial charge in [-0.15, -0.1) is 0 Å². The van der Waals surface area contributed by atoms with Crippen LogP contribution in [0, 0.1) is 6.92 Å². The SMILES string of the molecule is CCCN(C(=O)C(CS)NC(=O)OC(C)(C)C)C(C(=O)NC(C)C)c1ccc(C)cc1. The van der Waals surface area contributed by atoms with Gasteiger partial charge in [-0.2, -0.15) is 12.6 Å². The van der Waals surface area contributed by atoms with Gasteiger partial charge in [-0.05, 0) is 53.5 Å². The molecule has 1 aromatic rings. The molecule has 0 aliphatic rings. The Kier molecular flexibility index (Phi) is 10.4. The third-order valence-electron chi connectivity index (χ3n) is 4.30. The molecule has 0 bridgehead atoms. The summed E-state index contributed by atoms with van der Waals surface area (Å²) < 4.78 is 5.28. The van der Waals surface area contributed by atoms with Gasteiger partial charge in [-0.1, -0.05) is 36.8 Å². The summed E-state index contributed by atoms with van der Waals surface area (Å²) >= 11 is 4.26. The molecule has 0 saturated heterocycles. The molecule has 8 heteroatoms. The molecule has 31 heavy (non-hydrogen) atoms. The molecular weight excluding hydrogens is 414 g/mol. The van der Waals surface area contributed by atoms with Crippen molar-refractivity contribution in [2.45, 2.75) is 78.6 Å². The standard InChI is InChI=1S/C23H37N3O4S/c1-8-13-26(21(28)18(14-31)25-22(29)30-23(5,6)7)19(20(27)24-15(2)3)17-11-9-16(4)10-12-17/h9-12,15,18-19,31H,8,13-14H2,1-7H3,(H,24,27)(H,25,29). The maximum atomic E-state index is 13.5. The van der Waals surface area contributed by atoms with E-state index < -0.39 is 23.8 Å². The van der Waals surface area contributed by atoms with Crippen molar-refractivity contribution in [3.05, 3.63) is 35.4 Å². The Morgan fingerprint density at radius 1 is 1.10 bits per heavy atom. The molecular formula is C23H37N3O4S. The summed E-state index contributed by atoms with van der Waals surface area (Å²) in [4.78, 5) is 40.4. The lowest BCUT2D eigenvalue weighted by Gasteiger charge is -2.34. The van der Waals surface area contributed by atoms with Gasteiger partial charge in [0.2, 0.25) is 11.8 Å².